The molecule has 2 nitrogen and oxygen atoms in total. The highest BCUT2D eigenvalue weighted by Crippen LogP contribution is 2.36. The first-order chi connectivity index (χ1) is 7.24. The van der Waals surface area contributed by atoms with Gasteiger partial charge in [-0.2, -0.15) is 0 Å². The smallest absolute Gasteiger partial charge is 0.0190 e. The molecule has 1 saturated carbocycles. The van der Waals surface area contributed by atoms with Crippen LogP contribution in [-0.4, -0.2) is 16.7 Å². The molecule has 0 spiro atoms. The average molecular weight is 204 g/mol. The largest absolute Gasteiger partial charge is 0.352 e. The van der Waals surface area contributed by atoms with E-state index in [4.69, 9.17) is 0 Å². The highest BCUT2D eigenvalue weighted by atomic mass is 15.0. The van der Waals surface area contributed by atoms with Crippen molar-refractivity contribution < 1.29 is 0 Å². The standard InChI is InChI=1S/C13H20N2/c1-9-3-6-12(15(9)2)8-13-10-4-5-11(7-10)14-13/h3,6,10-11,13-14H,4-5,7-8H2,1-2H3. The van der Waals surface area contributed by atoms with Crippen molar-refractivity contribution in [3.8, 4) is 0 Å². The van der Waals surface area contributed by atoms with Crippen LogP contribution in [0.1, 0.15) is 30.7 Å². The van der Waals surface area contributed by atoms with Gasteiger partial charge in [0.15, 0.2) is 0 Å². The van der Waals surface area contributed by atoms with Crippen molar-refractivity contribution in [2.24, 2.45) is 13.0 Å². The fourth-order valence-corrected chi connectivity index (χ4v) is 3.29. The molecule has 3 atom stereocenters. The van der Waals surface area contributed by atoms with Gasteiger partial charge in [-0.25, -0.2) is 0 Å². The molecule has 3 rings (SSSR count). The fourth-order valence-electron chi connectivity index (χ4n) is 3.29. The van der Waals surface area contributed by atoms with Crippen molar-refractivity contribution in [2.45, 2.75) is 44.7 Å². The summed E-state index contributed by atoms with van der Waals surface area (Å²) >= 11 is 0. The van der Waals surface area contributed by atoms with Crippen molar-refractivity contribution in [1.29, 1.82) is 0 Å². The summed E-state index contributed by atoms with van der Waals surface area (Å²) < 4.78 is 2.33. The highest BCUT2D eigenvalue weighted by Gasteiger charge is 2.38. The lowest BCUT2D eigenvalue weighted by Gasteiger charge is -2.23. The lowest BCUT2D eigenvalue weighted by atomic mass is 9.96. The molecule has 2 bridgehead atoms. The lowest BCUT2D eigenvalue weighted by Crippen LogP contribution is -2.37. The van der Waals surface area contributed by atoms with Crippen molar-refractivity contribution in [3.63, 3.8) is 0 Å². The molecule has 82 valence electrons. The number of fused-ring (bicyclic) bond motifs is 2. The minimum atomic E-state index is 0.747. The summed E-state index contributed by atoms with van der Waals surface area (Å²) in [6.07, 6.45) is 5.50. The number of nitrogens with one attached hydrogen (secondary N) is 1. The minimum Gasteiger partial charge on any atom is -0.352 e. The van der Waals surface area contributed by atoms with Gasteiger partial charge in [0.05, 0.1) is 0 Å². The topological polar surface area (TPSA) is 17.0 Å². The minimum absolute atomic E-state index is 0.747. The number of aromatic nitrogens is 1. The van der Waals surface area contributed by atoms with Gasteiger partial charge in [0.25, 0.3) is 0 Å². The maximum atomic E-state index is 3.76. The Kier molecular flexibility index (Phi) is 2.13. The van der Waals surface area contributed by atoms with E-state index in [1.165, 1.54) is 37.1 Å². The van der Waals surface area contributed by atoms with Crippen LogP contribution in [0.5, 0.6) is 0 Å². The summed E-state index contributed by atoms with van der Waals surface area (Å²) in [6.45, 7) is 2.18. The Morgan fingerprint density at radius 1 is 1.40 bits per heavy atom. The lowest BCUT2D eigenvalue weighted by molar-refractivity contribution is 0.375. The van der Waals surface area contributed by atoms with Crippen molar-refractivity contribution in [1.82, 2.24) is 9.88 Å². The molecule has 1 aliphatic heterocycles. The van der Waals surface area contributed by atoms with E-state index in [1.54, 1.807) is 0 Å². The average Bonchev–Trinajstić information content (AvgIpc) is 2.89. The van der Waals surface area contributed by atoms with E-state index in [0.717, 1.165) is 18.0 Å². The molecule has 1 aliphatic carbocycles. The molecule has 2 fully saturated rings. The zero-order valence-electron chi connectivity index (χ0n) is 9.66. The maximum Gasteiger partial charge on any atom is 0.0190 e. The Morgan fingerprint density at radius 3 is 2.80 bits per heavy atom. The predicted molar refractivity (Wildman–Crippen MR) is 61.9 cm³/mol. The molecule has 2 heteroatoms. The summed E-state index contributed by atoms with van der Waals surface area (Å²) in [5, 5.41) is 3.76. The third kappa shape index (κ3) is 1.51. The van der Waals surface area contributed by atoms with E-state index < -0.39 is 0 Å². The van der Waals surface area contributed by atoms with Crippen LogP contribution in [0.25, 0.3) is 0 Å². The molecule has 2 heterocycles. The zero-order chi connectivity index (χ0) is 10.4. The third-order valence-corrected chi connectivity index (χ3v) is 4.40. The van der Waals surface area contributed by atoms with Gasteiger partial charge in [-0.15, -0.1) is 0 Å². The van der Waals surface area contributed by atoms with Crippen LogP contribution < -0.4 is 5.32 Å². The molecule has 15 heavy (non-hydrogen) atoms. The molecule has 1 N–H and O–H groups in total. The summed E-state index contributed by atoms with van der Waals surface area (Å²) in [6, 6.07) is 6.09. The van der Waals surface area contributed by atoms with Gasteiger partial charge in [-0.05, 0) is 44.2 Å². The molecule has 0 radical (unpaired) electrons. The van der Waals surface area contributed by atoms with E-state index in [1.807, 2.05) is 0 Å². The quantitative estimate of drug-likeness (QED) is 0.780. The van der Waals surface area contributed by atoms with Crippen LogP contribution in [-0.2, 0) is 13.5 Å². The first-order valence-electron chi connectivity index (χ1n) is 6.11. The molecule has 3 unspecified atom stereocenters. The fraction of sp³-hybridized carbons (Fsp3) is 0.692. The summed E-state index contributed by atoms with van der Waals surface area (Å²) in [5.41, 5.74) is 2.85. The van der Waals surface area contributed by atoms with Gasteiger partial charge in [0.1, 0.15) is 0 Å². The van der Waals surface area contributed by atoms with Crippen molar-refractivity contribution in [2.75, 3.05) is 0 Å². The first-order valence-corrected chi connectivity index (χ1v) is 6.11. The van der Waals surface area contributed by atoms with Gasteiger partial charge in [-0.3, -0.25) is 0 Å². The molecular formula is C13H20N2. The highest BCUT2D eigenvalue weighted by molar-refractivity contribution is 5.17. The third-order valence-electron chi connectivity index (χ3n) is 4.40. The number of piperidine rings is 1. The Bertz CT molecular complexity index is 367. The van der Waals surface area contributed by atoms with Crippen LogP contribution in [0, 0.1) is 12.8 Å². The number of hydrogen-bond acceptors (Lipinski definition) is 1. The number of hydrogen-bond donors (Lipinski definition) is 1. The van der Waals surface area contributed by atoms with Crippen LogP contribution in [0.4, 0.5) is 0 Å². The molecule has 1 aromatic rings. The first kappa shape index (κ1) is 9.46. The Balaban J connectivity index is 1.73. The Hall–Kier alpha value is -0.760. The molecular weight excluding hydrogens is 184 g/mol. The van der Waals surface area contributed by atoms with Crippen LogP contribution in [0.3, 0.4) is 0 Å². The maximum absolute atomic E-state index is 3.76. The molecule has 0 aromatic carbocycles. The Labute approximate surface area is 91.7 Å². The number of nitrogens with zero attached hydrogens (tertiary/aromatic N) is 1. The van der Waals surface area contributed by atoms with E-state index in [-0.39, 0.29) is 0 Å². The van der Waals surface area contributed by atoms with E-state index in [9.17, 15) is 0 Å². The van der Waals surface area contributed by atoms with E-state index in [0.29, 0.717) is 0 Å². The van der Waals surface area contributed by atoms with Gasteiger partial charge in [0, 0.05) is 36.9 Å². The Morgan fingerprint density at radius 2 is 2.27 bits per heavy atom. The predicted octanol–water partition coefficient (Wildman–Crippen LogP) is 2.02. The van der Waals surface area contributed by atoms with Crippen LogP contribution in [0.2, 0.25) is 0 Å². The van der Waals surface area contributed by atoms with Crippen LogP contribution >= 0.6 is 0 Å². The number of rotatable bonds is 2. The second kappa shape index (κ2) is 3.38. The molecule has 2 aliphatic rings. The van der Waals surface area contributed by atoms with Gasteiger partial charge < -0.3 is 9.88 Å². The molecule has 1 aromatic heterocycles. The molecule has 0 amide bonds. The monoisotopic (exact) mass is 204 g/mol. The second-order valence-electron chi connectivity index (χ2n) is 5.27. The van der Waals surface area contributed by atoms with Gasteiger partial charge in [-0.1, -0.05) is 0 Å². The van der Waals surface area contributed by atoms with Crippen molar-refractivity contribution >= 4 is 0 Å². The second-order valence-corrected chi connectivity index (χ2v) is 5.27. The number of aryl methyl sites for hydroxylation is 1. The van der Waals surface area contributed by atoms with E-state index in [2.05, 4.69) is 36.0 Å². The van der Waals surface area contributed by atoms with Crippen molar-refractivity contribution in [3.05, 3.63) is 23.5 Å². The zero-order valence-corrected chi connectivity index (χ0v) is 9.66. The summed E-state index contributed by atoms with van der Waals surface area (Å²) in [5.74, 6) is 0.949. The SMILES string of the molecule is Cc1ccc(CC2NC3CCC2C3)n1C. The van der Waals surface area contributed by atoms with Gasteiger partial charge >= 0.3 is 0 Å². The normalized spacial score (nSPS) is 33.9. The van der Waals surface area contributed by atoms with Crippen LogP contribution in [0.15, 0.2) is 12.1 Å². The molecule has 1 saturated heterocycles. The van der Waals surface area contributed by atoms with Gasteiger partial charge in [0.2, 0.25) is 0 Å². The van der Waals surface area contributed by atoms with E-state index >= 15 is 0 Å². The summed E-state index contributed by atoms with van der Waals surface area (Å²) in [7, 11) is 2.18. The summed E-state index contributed by atoms with van der Waals surface area (Å²) in [4.78, 5) is 0.